The molecule has 6 N–H and O–H groups in total. The zero-order valence-corrected chi connectivity index (χ0v) is 49.2. The molecule has 76 heavy (non-hydrogen) atoms. The summed E-state index contributed by atoms with van der Waals surface area (Å²) in [5, 5.41) is 54.2. The van der Waals surface area contributed by atoms with Crippen molar-refractivity contribution in [3.63, 3.8) is 0 Å². The molecule has 1 aliphatic rings. The minimum absolute atomic E-state index is 0.000938. The summed E-state index contributed by atoms with van der Waals surface area (Å²) in [7, 11) is 0. The van der Waals surface area contributed by atoms with Gasteiger partial charge in [0.25, 0.3) is 0 Å². The van der Waals surface area contributed by atoms with Gasteiger partial charge in [0, 0.05) is 12.8 Å². The van der Waals surface area contributed by atoms with Crippen molar-refractivity contribution in [2.75, 3.05) is 19.8 Å². The van der Waals surface area contributed by atoms with Crippen LogP contribution < -0.4 is 5.32 Å². The molecule has 7 unspecified atom stereocenters. The van der Waals surface area contributed by atoms with E-state index in [4.69, 9.17) is 14.2 Å². The molecule has 7 atom stereocenters. The SMILES string of the molecule is CCCCC/C=C/CC/C=C/C(O)C(COC1OC(CO)C(O)C(O)C1O)NC(=O)CCCCCCCCC/C=C\CCCCCCCCCCCCCOC(=O)CCCCCCCCCCCCCCCCCCC. The van der Waals surface area contributed by atoms with E-state index in [9.17, 15) is 35.1 Å². The van der Waals surface area contributed by atoms with Crippen LogP contribution in [0.5, 0.6) is 0 Å². The molecular formula is C65H121NO10. The summed E-state index contributed by atoms with van der Waals surface area (Å²) in [6, 6.07) is -0.831. The number of aliphatic hydroxyl groups excluding tert-OH is 5. The number of aliphatic hydroxyl groups is 5. The van der Waals surface area contributed by atoms with Crippen LogP contribution in [0.1, 0.15) is 303 Å². The largest absolute Gasteiger partial charge is 0.466 e. The molecule has 0 aromatic rings. The number of ether oxygens (including phenoxy) is 3. The van der Waals surface area contributed by atoms with Gasteiger partial charge < -0.3 is 45.1 Å². The van der Waals surface area contributed by atoms with Crippen molar-refractivity contribution in [3.05, 3.63) is 36.5 Å². The van der Waals surface area contributed by atoms with E-state index in [0.717, 1.165) is 70.6 Å². The van der Waals surface area contributed by atoms with Crippen molar-refractivity contribution < 1.29 is 49.3 Å². The number of hydrogen-bond acceptors (Lipinski definition) is 10. The third-order valence-electron chi connectivity index (χ3n) is 15.2. The number of allylic oxidation sites excluding steroid dienone is 5. The molecule has 1 rings (SSSR count). The average Bonchev–Trinajstić information content (AvgIpc) is 3.42. The number of unbranched alkanes of at least 4 members (excludes halogenated alkanes) is 38. The quantitative estimate of drug-likeness (QED) is 0.0195. The maximum absolute atomic E-state index is 13.0. The Morgan fingerprint density at radius 1 is 0.474 bits per heavy atom. The van der Waals surface area contributed by atoms with Gasteiger partial charge in [0.15, 0.2) is 6.29 Å². The Hall–Kier alpha value is -2.12. The number of nitrogens with one attached hydrogen (secondary N) is 1. The van der Waals surface area contributed by atoms with Gasteiger partial charge >= 0.3 is 5.97 Å². The van der Waals surface area contributed by atoms with Crippen LogP contribution in [-0.2, 0) is 23.8 Å². The van der Waals surface area contributed by atoms with Crippen LogP contribution in [0.3, 0.4) is 0 Å². The first-order valence-electron chi connectivity index (χ1n) is 32.3. The fourth-order valence-electron chi connectivity index (χ4n) is 10.1. The van der Waals surface area contributed by atoms with Crippen LogP contribution >= 0.6 is 0 Å². The highest BCUT2D eigenvalue weighted by molar-refractivity contribution is 5.76. The first kappa shape index (κ1) is 71.9. The molecule has 0 bridgehead atoms. The van der Waals surface area contributed by atoms with Gasteiger partial charge in [-0.2, -0.15) is 0 Å². The molecular weight excluding hydrogens is 955 g/mol. The predicted molar refractivity (Wildman–Crippen MR) is 315 cm³/mol. The molecule has 446 valence electrons. The van der Waals surface area contributed by atoms with Crippen molar-refractivity contribution in [1.29, 1.82) is 0 Å². The van der Waals surface area contributed by atoms with Crippen LogP contribution in [0.2, 0.25) is 0 Å². The van der Waals surface area contributed by atoms with E-state index in [2.05, 4.69) is 43.5 Å². The Morgan fingerprint density at radius 2 is 0.855 bits per heavy atom. The summed E-state index contributed by atoms with van der Waals surface area (Å²) < 4.78 is 16.7. The number of carbonyl (C=O) groups is 2. The van der Waals surface area contributed by atoms with Crippen molar-refractivity contribution in [2.45, 2.75) is 346 Å². The maximum atomic E-state index is 13.0. The summed E-state index contributed by atoms with van der Waals surface area (Å²) in [5.41, 5.74) is 0. The van der Waals surface area contributed by atoms with Gasteiger partial charge in [-0.05, 0) is 70.6 Å². The minimum Gasteiger partial charge on any atom is -0.466 e. The summed E-state index contributed by atoms with van der Waals surface area (Å²) in [5.74, 6) is -0.200. The van der Waals surface area contributed by atoms with E-state index < -0.39 is 49.5 Å². The van der Waals surface area contributed by atoms with E-state index in [1.165, 1.54) is 205 Å². The monoisotopic (exact) mass is 1080 g/mol. The lowest BCUT2D eigenvalue weighted by atomic mass is 9.99. The second-order valence-corrected chi connectivity index (χ2v) is 22.5. The maximum Gasteiger partial charge on any atom is 0.305 e. The first-order valence-corrected chi connectivity index (χ1v) is 32.3. The Balaban J connectivity index is 1.97. The van der Waals surface area contributed by atoms with Gasteiger partial charge in [-0.1, -0.05) is 256 Å². The van der Waals surface area contributed by atoms with Crippen molar-refractivity contribution in [2.24, 2.45) is 0 Å². The molecule has 0 saturated carbocycles. The van der Waals surface area contributed by atoms with Crippen LogP contribution in [-0.4, -0.2) is 100 Å². The minimum atomic E-state index is -1.58. The topological polar surface area (TPSA) is 175 Å². The number of rotatable bonds is 56. The van der Waals surface area contributed by atoms with Crippen LogP contribution in [0.15, 0.2) is 36.5 Å². The highest BCUT2D eigenvalue weighted by atomic mass is 16.7. The van der Waals surface area contributed by atoms with Gasteiger partial charge in [-0.25, -0.2) is 0 Å². The average molecular weight is 1080 g/mol. The molecule has 11 heteroatoms. The molecule has 0 spiro atoms. The summed E-state index contributed by atoms with van der Waals surface area (Å²) in [4.78, 5) is 25.1. The number of carbonyl (C=O) groups excluding carboxylic acids is 2. The van der Waals surface area contributed by atoms with Crippen LogP contribution in [0.25, 0.3) is 0 Å². The lowest BCUT2D eigenvalue weighted by Gasteiger charge is -2.40. The molecule has 0 aromatic heterocycles. The lowest BCUT2D eigenvalue weighted by molar-refractivity contribution is -0.302. The smallest absolute Gasteiger partial charge is 0.305 e. The van der Waals surface area contributed by atoms with E-state index in [1.54, 1.807) is 6.08 Å². The standard InChI is InChI=1S/C65H121NO10/c1-3-5-7-9-11-13-14-15-16-23-27-30-33-37-41-45-49-53-61(70)74-54-50-46-42-38-34-31-28-25-22-20-18-17-19-21-24-26-29-32-36-40-44-48-52-60(69)66-57(58(68)51-47-43-39-35-12-10-8-6-4-2)56-75-65-64(73)63(72)62(71)59(55-67)76-65/h12,19,21,35,47,51,57-59,62-65,67-68,71-73H,3-11,13-18,20,22-34,36-46,48-50,52-56H2,1-2H3,(H,66,69)/b21-19-,35-12+,51-47+. The molecule has 1 aliphatic heterocycles. The van der Waals surface area contributed by atoms with E-state index >= 15 is 0 Å². The van der Waals surface area contributed by atoms with E-state index in [1.807, 2.05) is 6.08 Å². The fourth-order valence-corrected chi connectivity index (χ4v) is 10.1. The van der Waals surface area contributed by atoms with Gasteiger partial charge in [0.2, 0.25) is 5.91 Å². The van der Waals surface area contributed by atoms with Crippen LogP contribution in [0, 0.1) is 0 Å². The first-order chi connectivity index (χ1) is 37.2. The van der Waals surface area contributed by atoms with Gasteiger partial charge in [0.05, 0.1) is 32.0 Å². The Labute approximate surface area is 466 Å². The number of hydrogen-bond donors (Lipinski definition) is 6. The zero-order valence-electron chi connectivity index (χ0n) is 49.2. The molecule has 1 fully saturated rings. The number of esters is 1. The molecule has 0 aliphatic carbocycles. The van der Waals surface area contributed by atoms with Crippen molar-refractivity contribution in [1.82, 2.24) is 5.32 Å². The highest BCUT2D eigenvalue weighted by Gasteiger charge is 2.44. The molecule has 11 nitrogen and oxygen atoms in total. The van der Waals surface area contributed by atoms with E-state index in [-0.39, 0.29) is 18.5 Å². The van der Waals surface area contributed by atoms with Crippen molar-refractivity contribution >= 4 is 11.9 Å². The Kier molecular flexibility index (Phi) is 51.9. The van der Waals surface area contributed by atoms with Gasteiger partial charge in [0.1, 0.15) is 24.4 Å². The lowest BCUT2D eigenvalue weighted by Crippen LogP contribution is -2.60. The zero-order chi connectivity index (χ0) is 55.2. The van der Waals surface area contributed by atoms with Crippen LogP contribution in [0.4, 0.5) is 0 Å². The normalized spacial score (nSPS) is 18.9. The van der Waals surface area contributed by atoms with Gasteiger partial charge in [-0.3, -0.25) is 9.59 Å². The number of amides is 1. The predicted octanol–water partition coefficient (Wildman–Crippen LogP) is 15.5. The Bertz CT molecular complexity index is 1360. The molecule has 1 heterocycles. The molecule has 1 amide bonds. The molecule has 0 aromatic carbocycles. The summed E-state index contributed by atoms with van der Waals surface area (Å²) >= 11 is 0. The highest BCUT2D eigenvalue weighted by Crippen LogP contribution is 2.23. The summed E-state index contributed by atoms with van der Waals surface area (Å²) in [6.45, 7) is 4.28. The second kappa shape index (κ2) is 54.8. The summed E-state index contributed by atoms with van der Waals surface area (Å²) in [6.07, 6.45) is 58.5. The third kappa shape index (κ3) is 43.7. The Morgan fingerprint density at radius 3 is 1.33 bits per heavy atom. The molecule has 0 radical (unpaired) electrons. The third-order valence-corrected chi connectivity index (χ3v) is 15.2. The van der Waals surface area contributed by atoms with Gasteiger partial charge in [-0.15, -0.1) is 0 Å². The van der Waals surface area contributed by atoms with Crippen molar-refractivity contribution in [3.8, 4) is 0 Å². The van der Waals surface area contributed by atoms with E-state index in [0.29, 0.717) is 19.4 Å². The second-order valence-electron chi connectivity index (χ2n) is 22.5. The molecule has 1 saturated heterocycles. The fraction of sp³-hybridized carbons (Fsp3) is 0.877.